The molecule has 0 aromatic heterocycles. The molecule has 0 aromatic rings. The number of nitrogens with zero attached hydrogens (tertiary/aromatic N) is 1. The second-order valence-corrected chi connectivity index (χ2v) is 6.12. The van der Waals surface area contributed by atoms with Gasteiger partial charge in [0, 0.05) is 18.5 Å². The van der Waals surface area contributed by atoms with Crippen molar-refractivity contribution in [2.75, 3.05) is 20.3 Å². The molecule has 6 nitrogen and oxygen atoms in total. The average molecular weight is 313 g/mol. The Labute approximate surface area is 132 Å². The van der Waals surface area contributed by atoms with Gasteiger partial charge in [-0.05, 0) is 32.1 Å². The molecule has 0 spiro atoms. The summed E-state index contributed by atoms with van der Waals surface area (Å²) in [6.45, 7) is 6.65. The zero-order valence-electron chi connectivity index (χ0n) is 14.0. The van der Waals surface area contributed by atoms with Crippen molar-refractivity contribution in [1.82, 2.24) is 4.90 Å². The Balaban J connectivity index is 2.68. The maximum absolute atomic E-state index is 12.2. The highest BCUT2D eigenvalue weighted by atomic mass is 16.5. The number of carbonyl (C=O) groups is 3. The molecule has 1 aliphatic rings. The lowest BCUT2D eigenvalue weighted by Crippen LogP contribution is -2.48. The molecule has 1 aliphatic heterocycles. The van der Waals surface area contributed by atoms with Crippen molar-refractivity contribution in [2.24, 2.45) is 11.8 Å². The summed E-state index contributed by atoms with van der Waals surface area (Å²) in [5.41, 5.74) is 0. The minimum Gasteiger partial charge on any atom is -0.466 e. The van der Waals surface area contributed by atoms with Crippen LogP contribution in [-0.4, -0.2) is 49.0 Å². The molecule has 1 rings (SSSR count). The predicted octanol–water partition coefficient (Wildman–Crippen LogP) is 2.40. The smallest absolute Gasteiger partial charge is 0.409 e. The lowest BCUT2D eigenvalue weighted by atomic mass is 9.83. The number of ether oxygens (including phenoxy) is 2. The lowest BCUT2D eigenvalue weighted by molar-refractivity contribution is -0.146. The van der Waals surface area contributed by atoms with Crippen molar-refractivity contribution in [3.05, 3.63) is 0 Å². The van der Waals surface area contributed by atoms with Crippen LogP contribution in [0.1, 0.15) is 46.5 Å². The fraction of sp³-hybridized carbons (Fsp3) is 0.812. The summed E-state index contributed by atoms with van der Waals surface area (Å²) >= 11 is 0. The fourth-order valence-electron chi connectivity index (χ4n) is 2.97. The molecule has 1 saturated heterocycles. The first kappa shape index (κ1) is 18.5. The van der Waals surface area contributed by atoms with E-state index in [9.17, 15) is 14.4 Å². The molecule has 0 aliphatic carbocycles. The van der Waals surface area contributed by atoms with Gasteiger partial charge in [0.1, 0.15) is 12.2 Å². The molecular weight excluding hydrogens is 286 g/mol. The van der Waals surface area contributed by atoms with Crippen LogP contribution in [0.25, 0.3) is 0 Å². The molecule has 0 unspecified atom stereocenters. The highest BCUT2D eigenvalue weighted by Crippen LogP contribution is 2.29. The number of carbonyl (C=O) groups excluding carboxylic acids is 3. The van der Waals surface area contributed by atoms with Crippen molar-refractivity contribution in [1.29, 1.82) is 0 Å². The van der Waals surface area contributed by atoms with E-state index in [-0.39, 0.29) is 36.9 Å². The SMILES string of the molecule is CCOC(=O)CC(=O)[C@H]1CCN(C(=O)OC)[C@H](CC(C)C)C1. The normalized spacial score (nSPS) is 21.6. The van der Waals surface area contributed by atoms with Crippen molar-refractivity contribution >= 4 is 17.8 Å². The van der Waals surface area contributed by atoms with Crippen LogP contribution in [0.5, 0.6) is 0 Å². The molecule has 0 saturated carbocycles. The molecule has 1 fully saturated rings. The molecule has 2 atom stereocenters. The first-order chi connectivity index (χ1) is 10.4. The van der Waals surface area contributed by atoms with Gasteiger partial charge in [-0.3, -0.25) is 9.59 Å². The first-order valence-corrected chi connectivity index (χ1v) is 7.91. The van der Waals surface area contributed by atoms with E-state index in [4.69, 9.17) is 9.47 Å². The van der Waals surface area contributed by atoms with E-state index in [1.807, 2.05) is 0 Å². The summed E-state index contributed by atoms with van der Waals surface area (Å²) < 4.78 is 9.65. The van der Waals surface area contributed by atoms with Gasteiger partial charge in [-0.15, -0.1) is 0 Å². The third kappa shape index (κ3) is 5.31. The predicted molar refractivity (Wildman–Crippen MR) is 81.3 cm³/mol. The molecule has 6 heteroatoms. The van der Waals surface area contributed by atoms with Crippen LogP contribution >= 0.6 is 0 Å². The quantitative estimate of drug-likeness (QED) is 0.556. The summed E-state index contributed by atoms with van der Waals surface area (Å²) in [5, 5.41) is 0. The van der Waals surface area contributed by atoms with Gasteiger partial charge in [0.05, 0.1) is 13.7 Å². The number of hydrogen-bond donors (Lipinski definition) is 0. The number of methoxy groups -OCH3 is 1. The molecule has 22 heavy (non-hydrogen) atoms. The minimum atomic E-state index is -0.469. The van der Waals surface area contributed by atoms with Gasteiger partial charge in [-0.25, -0.2) is 4.79 Å². The number of Topliss-reactive ketones (excluding diaryl/α,β-unsaturated/α-hetero) is 1. The van der Waals surface area contributed by atoms with Crippen LogP contribution < -0.4 is 0 Å². The molecule has 126 valence electrons. The zero-order chi connectivity index (χ0) is 16.7. The van der Waals surface area contributed by atoms with E-state index in [1.165, 1.54) is 7.11 Å². The summed E-state index contributed by atoms with van der Waals surface area (Å²) in [4.78, 5) is 37.2. The van der Waals surface area contributed by atoms with Gasteiger partial charge in [-0.1, -0.05) is 13.8 Å². The fourth-order valence-corrected chi connectivity index (χ4v) is 2.97. The Morgan fingerprint density at radius 3 is 2.50 bits per heavy atom. The van der Waals surface area contributed by atoms with Crippen LogP contribution in [0.15, 0.2) is 0 Å². The Kier molecular flexibility index (Phi) is 7.35. The Morgan fingerprint density at radius 2 is 1.95 bits per heavy atom. The van der Waals surface area contributed by atoms with Crippen LogP contribution in [0, 0.1) is 11.8 Å². The topological polar surface area (TPSA) is 72.9 Å². The first-order valence-electron chi connectivity index (χ1n) is 7.91. The highest BCUT2D eigenvalue weighted by molar-refractivity contribution is 5.96. The van der Waals surface area contributed by atoms with Gasteiger partial charge >= 0.3 is 12.1 Å². The standard InChI is InChI=1S/C16H27NO5/c1-5-22-15(19)10-14(18)12-6-7-17(16(20)21-4)13(9-12)8-11(2)3/h11-13H,5-10H2,1-4H3/t12-,13+/m0/s1. The van der Waals surface area contributed by atoms with Gasteiger partial charge in [0.15, 0.2) is 0 Å². The average Bonchev–Trinajstić information content (AvgIpc) is 2.45. The van der Waals surface area contributed by atoms with Crippen molar-refractivity contribution in [3.8, 4) is 0 Å². The van der Waals surface area contributed by atoms with Gasteiger partial charge in [-0.2, -0.15) is 0 Å². The van der Waals surface area contributed by atoms with Gasteiger partial charge in [0.25, 0.3) is 0 Å². The maximum atomic E-state index is 12.2. The molecule has 0 N–H and O–H groups in total. The van der Waals surface area contributed by atoms with E-state index in [0.717, 1.165) is 6.42 Å². The number of hydrogen-bond acceptors (Lipinski definition) is 5. The largest absolute Gasteiger partial charge is 0.466 e. The van der Waals surface area contributed by atoms with Crippen molar-refractivity contribution < 1.29 is 23.9 Å². The van der Waals surface area contributed by atoms with Crippen LogP contribution in [0.4, 0.5) is 4.79 Å². The van der Waals surface area contributed by atoms with Crippen LogP contribution in [0.2, 0.25) is 0 Å². The van der Waals surface area contributed by atoms with Crippen LogP contribution in [-0.2, 0) is 19.1 Å². The second kappa shape index (κ2) is 8.76. The monoisotopic (exact) mass is 313 g/mol. The molecular formula is C16H27NO5. The summed E-state index contributed by atoms with van der Waals surface area (Å²) in [5.74, 6) is -0.329. The van der Waals surface area contributed by atoms with E-state index in [1.54, 1.807) is 11.8 Å². The van der Waals surface area contributed by atoms with E-state index in [2.05, 4.69) is 13.8 Å². The second-order valence-electron chi connectivity index (χ2n) is 6.12. The van der Waals surface area contributed by atoms with Crippen molar-refractivity contribution in [3.63, 3.8) is 0 Å². The lowest BCUT2D eigenvalue weighted by Gasteiger charge is -2.38. The molecule has 1 heterocycles. The molecule has 0 bridgehead atoms. The summed E-state index contributed by atoms with van der Waals surface area (Å²) in [6, 6.07) is -0.0163. The number of likely N-dealkylation sites (tertiary alicyclic amines) is 1. The number of ketones is 1. The molecule has 0 radical (unpaired) electrons. The maximum Gasteiger partial charge on any atom is 0.409 e. The van der Waals surface area contributed by atoms with Gasteiger partial charge in [0.2, 0.25) is 0 Å². The van der Waals surface area contributed by atoms with Crippen LogP contribution in [0.3, 0.4) is 0 Å². The van der Waals surface area contributed by atoms with Crippen molar-refractivity contribution in [2.45, 2.75) is 52.5 Å². The summed E-state index contributed by atoms with van der Waals surface area (Å²) in [6.07, 6.45) is 1.46. The highest BCUT2D eigenvalue weighted by Gasteiger charge is 2.35. The number of amides is 1. The minimum absolute atomic E-state index is 0.0163. The third-order valence-electron chi connectivity index (χ3n) is 3.95. The molecule has 0 aromatic carbocycles. The van der Waals surface area contributed by atoms with Gasteiger partial charge < -0.3 is 14.4 Å². The zero-order valence-corrected chi connectivity index (χ0v) is 14.0. The number of esters is 1. The number of piperidine rings is 1. The Morgan fingerprint density at radius 1 is 1.27 bits per heavy atom. The Hall–Kier alpha value is -1.59. The van der Waals surface area contributed by atoms with E-state index in [0.29, 0.717) is 25.3 Å². The Bertz CT molecular complexity index is 407. The van der Waals surface area contributed by atoms with E-state index < -0.39 is 5.97 Å². The third-order valence-corrected chi connectivity index (χ3v) is 3.95. The van der Waals surface area contributed by atoms with E-state index >= 15 is 0 Å². The number of rotatable bonds is 6. The summed E-state index contributed by atoms with van der Waals surface area (Å²) in [7, 11) is 1.37. The molecule has 1 amide bonds.